The highest BCUT2D eigenvalue weighted by Crippen LogP contribution is 2.39. The zero-order valence-electron chi connectivity index (χ0n) is 11.3. The van der Waals surface area contributed by atoms with Crippen molar-refractivity contribution < 1.29 is 14.3 Å². The fraction of sp³-hybridized carbons (Fsp3) is 0.267. The first-order chi connectivity index (χ1) is 10.5. The fourth-order valence-corrected chi connectivity index (χ4v) is 3.35. The number of phenols is 1. The van der Waals surface area contributed by atoms with Crippen LogP contribution in [0.5, 0.6) is 5.75 Å². The standard InChI is InChI=1S/C15H12Cl3NO3/c16-8-6-9(17)14(20)12(13(8)18)15(21)19-10-2-1-3-11-7(10)4-5-22-11/h4-6,10,20H,1-3H2,(H,19,21). The summed E-state index contributed by atoms with van der Waals surface area (Å²) in [5.41, 5.74) is 0.832. The monoisotopic (exact) mass is 359 g/mol. The summed E-state index contributed by atoms with van der Waals surface area (Å²) < 4.78 is 5.39. The molecule has 116 valence electrons. The first-order valence-electron chi connectivity index (χ1n) is 6.72. The lowest BCUT2D eigenvalue weighted by atomic mass is 9.93. The maximum atomic E-state index is 12.5. The number of hydrogen-bond donors (Lipinski definition) is 2. The van der Waals surface area contributed by atoms with Gasteiger partial charge in [0.1, 0.15) is 17.1 Å². The molecule has 3 rings (SSSR count). The second-order valence-corrected chi connectivity index (χ2v) is 6.29. The normalized spacial score (nSPS) is 17.1. The van der Waals surface area contributed by atoms with Crippen LogP contribution in [0.1, 0.15) is 40.6 Å². The lowest BCUT2D eigenvalue weighted by molar-refractivity contribution is 0.0929. The van der Waals surface area contributed by atoms with Crippen molar-refractivity contribution in [3.05, 3.63) is 50.4 Å². The molecule has 1 aromatic heterocycles. The third-order valence-electron chi connectivity index (χ3n) is 3.73. The zero-order valence-corrected chi connectivity index (χ0v) is 13.6. The topological polar surface area (TPSA) is 62.5 Å². The summed E-state index contributed by atoms with van der Waals surface area (Å²) >= 11 is 17.8. The molecule has 22 heavy (non-hydrogen) atoms. The highest BCUT2D eigenvalue weighted by atomic mass is 35.5. The van der Waals surface area contributed by atoms with Gasteiger partial charge in [0.05, 0.1) is 27.4 Å². The Hall–Kier alpha value is -1.36. The number of benzene rings is 1. The molecule has 4 nitrogen and oxygen atoms in total. The van der Waals surface area contributed by atoms with Crippen LogP contribution in [-0.2, 0) is 6.42 Å². The number of nitrogens with one attached hydrogen (secondary N) is 1. The molecule has 1 aliphatic carbocycles. The summed E-state index contributed by atoms with van der Waals surface area (Å²) in [5.74, 6) is -0.0289. The van der Waals surface area contributed by atoms with E-state index in [1.165, 1.54) is 6.07 Å². The summed E-state index contributed by atoms with van der Waals surface area (Å²) in [6.07, 6.45) is 4.14. The van der Waals surface area contributed by atoms with Crippen molar-refractivity contribution in [2.45, 2.75) is 25.3 Å². The number of aromatic hydroxyl groups is 1. The molecule has 7 heteroatoms. The molecule has 0 radical (unpaired) electrons. The Kier molecular flexibility index (Phi) is 4.26. The smallest absolute Gasteiger partial charge is 0.257 e. The van der Waals surface area contributed by atoms with Crippen molar-refractivity contribution in [2.75, 3.05) is 0 Å². The van der Waals surface area contributed by atoms with Crippen molar-refractivity contribution in [3.8, 4) is 5.75 Å². The molecular weight excluding hydrogens is 349 g/mol. The molecule has 2 aromatic rings. The van der Waals surface area contributed by atoms with Gasteiger partial charge in [-0.25, -0.2) is 0 Å². The van der Waals surface area contributed by atoms with Gasteiger partial charge in [0.15, 0.2) is 0 Å². The van der Waals surface area contributed by atoms with E-state index in [4.69, 9.17) is 39.2 Å². The minimum absolute atomic E-state index is 0.0211. The van der Waals surface area contributed by atoms with Crippen LogP contribution >= 0.6 is 34.8 Å². The van der Waals surface area contributed by atoms with Gasteiger partial charge < -0.3 is 14.8 Å². The van der Waals surface area contributed by atoms with Crippen LogP contribution in [0.4, 0.5) is 0 Å². The predicted molar refractivity (Wildman–Crippen MR) is 85.0 cm³/mol. The number of amides is 1. The summed E-state index contributed by atoms with van der Waals surface area (Å²) in [6, 6.07) is 2.95. The fourth-order valence-electron chi connectivity index (χ4n) is 2.66. The molecule has 1 aliphatic rings. The highest BCUT2D eigenvalue weighted by Gasteiger charge is 2.27. The number of phenolic OH excluding ortho intramolecular Hbond substituents is 1. The molecule has 1 aromatic carbocycles. The SMILES string of the molecule is O=C(NC1CCCc2occc21)c1c(O)c(Cl)cc(Cl)c1Cl. The van der Waals surface area contributed by atoms with Crippen molar-refractivity contribution >= 4 is 40.7 Å². The number of furan rings is 1. The molecule has 1 atom stereocenters. The van der Waals surface area contributed by atoms with Gasteiger partial charge in [-0.05, 0) is 25.0 Å². The quantitative estimate of drug-likeness (QED) is 0.759. The van der Waals surface area contributed by atoms with Crippen LogP contribution in [0, 0.1) is 0 Å². The summed E-state index contributed by atoms with van der Waals surface area (Å²) in [7, 11) is 0. The van der Waals surface area contributed by atoms with Gasteiger partial charge >= 0.3 is 0 Å². The Balaban J connectivity index is 1.91. The number of fused-ring (bicyclic) bond motifs is 1. The van der Waals surface area contributed by atoms with Crippen LogP contribution in [0.2, 0.25) is 15.1 Å². The van der Waals surface area contributed by atoms with E-state index in [0.717, 1.165) is 30.6 Å². The number of carbonyl (C=O) groups is 1. The van der Waals surface area contributed by atoms with Crippen molar-refractivity contribution in [2.24, 2.45) is 0 Å². The van der Waals surface area contributed by atoms with Gasteiger partial charge in [-0.1, -0.05) is 34.8 Å². The van der Waals surface area contributed by atoms with E-state index in [-0.39, 0.29) is 32.4 Å². The van der Waals surface area contributed by atoms with Gasteiger partial charge in [0.2, 0.25) is 0 Å². The number of hydrogen-bond acceptors (Lipinski definition) is 3. The zero-order chi connectivity index (χ0) is 15.9. The number of halogens is 3. The van der Waals surface area contributed by atoms with Crippen LogP contribution in [-0.4, -0.2) is 11.0 Å². The van der Waals surface area contributed by atoms with E-state index in [9.17, 15) is 9.90 Å². The molecule has 0 saturated heterocycles. The van der Waals surface area contributed by atoms with Crippen molar-refractivity contribution in [1.82, 2.24) is 5.32 Å². The van der Waals surface area contributed by atoms with E-state index < -0.39 is 5.91 Å². The molecule has 0 fully saturated rings. The molecule has 0 bridgehead atoms. The lowest BCUT2D eigenvalue weighted by Gasteiger charge is -2.23. The summed E-state index contributed by atoms with van der Waals surface area (Å²) in [5, 5.41) is 12.9. The molecule has 1 heterocycles. The predicted octanol–water partition coefficient (Wildman–Crippen LogP) is 4.75. The number of aryl methyl sites for hydroxylation is 1. The van der Waals surface area contributed by atoms with Gasteiger partial charge in [0, 0.05) is 12.0 Å². The molecule has 1 amide bonds. The Labute approximate surface area is 142 Å². The lowest BCUT2D eigenvalue weighted by Crippen LogP contribution is -2.30. The summed E-state index contributed by atoms with van der Waals surface area (Å²) in [4.78, 5) is 12.5. The van der Waals surface area contributed by atoms with E-state index in [1.54, 1.807) is 6.26 Å². The van der Waals surface area contributed by atoms with Gasteiger partial charge in [-0.15, -0.1) is 0 Å². The number of carbonyl (C=O) groups excluding carboxylic acids is 1. The van der Waals surface area contributed by atoms with E-state index >= 15 is 0 Å². The first-order valence-corrected chi connectivity index (χ1v) is 7.86. The van der Waals surface area contributed by atoms with Gasteiger partial charge in [0.25, 0.3) is 5.91 Å². The third-order valence-corrected chi connectivity index (χ3v) is 4.81. The molecule has 0 aliphatic heterocycles. The highest BCUT2D eigenvalue weighted by molar-refractivity contribution is 6.45. The van der Waals surface area contributed by atoms with Crippen LogP contribution in [0.3, 0.4) is 0 Å². The van der Waals surface area contributed by atoms with Crippen LogP contribution < -0.4 is 5.32 Å². The Morgan fingerprint density at radius 3 is 2.86 bits per heavy atom. The van der Waals surface area contributed by atoms with E-state index in [1.807, 2.05) is 6.07 Å². The van der Waals surface area contributed by atoms with Gasteiger partial charge in [-0.2, -0.15) is 0 Å². The molecule has 2 N–H and O–H groups in total. The maximum Gasteiger partial charge on any atom is 0.257 e. The average Bonchev–Trinajstić information content (AvgIpc) is 2.95. The molecule has 1 unspecified atom stereocenters. The minimum Gasteiger partial charge on any atom is -0.505 e. The first kappa shape index (κ1) is 15.5. The Morgan fingerprint density at radius 2 is 2.09 bits per heavy atom. The number of rotatable bonds is 2. The van der Waals surface area contributed by atoms with E-state index in [2.05, 4.69) is 5.32 Å². The van der Waals surface area contributed by atoms with Gasteiger partial charge in [-0.3, -0.25) is 4.79 Å². The average molecular weight is 361 g/mol. The third kappa shape index (κ3) is 2.67. The van der Waals surface area contributed by atoms with Crippen molar-refractivity contribution in [3.63, 3.8) is 0 Å². The maximum absolute atomic E-state index is 12.5. The van der Waals surface area contributed by atoms with E-state index in [0.29, 0.717) is 0 Å². The Morgan fingerprint density at radius 1 is 1.32 bits per heavy atom. The molecule has 0 spiro atoms. The van der Waals surface area contributed by atoms with Crippen LogP contribution in [0.15, 0.2) is 22.8 Å². The second-order valence-electron chi connectivity index (χ2n) is 5.10. The molecule has 0 saturated carbocycles. The second kappa shape index (κ2) is 6.03. The van der Waals surface area contributed by atoms with Crippen LogP contribution in [0.25, 0.3) is 0 Å². The summed E-state index contributed by atoms with van der Waals surface area (Å²) in [6.45, 7) is 0. The molecular formula is C15H12Cl3NO3. The Bertz CT molecular complexity index is 716. The minimum atomic E-state index is -0.522. The van der Waals surface area contributed by atoms with Crippen molar-refractivity contribution in [1.29, 1.82) is 0 Å². The largest absolute Gasteiger partial charge is 0.505 e.